The van der Waals surface area contributed by atoms with E-state index >= 15 is 0 Å². The van der Waals surface area contributed by atoms with Gasteiger partial charge in [0.05, 0.1) is 18.8 Å². The second-order valence-corrected chi connectivity index (χ2v) is 3.25. The molecule has 0 bridgehead atoms. The van der Waals surface area contributed by atoms with Gasteiger partial charge in [0.25, 0.3) is 0 Å². The van der Waals surface area contributed by atoms with Gasteiger partial charge in [-0.3, -0.25) is 0 Å². The smallest absolute Gasteiger partial charge is 0.0797 e. The maximum atomic E-state index is 8.99. The van der Waals surface area contributed by atoms with Gasteiger partial charge in [-0.15, -0.1) is 0 Å². The lowest BCUT2D eigenvalue weighted by Crippen LogP contribution is -2.15. The molecule has 0 fully saturated rings. The molecule has 0 aromatic rings. The Bertz CT molecular complexity index is 192. The van der Waals surface area contributed by atoms with Crippen LogP contribution >= 0.6 is 0 Å². The molecule has 0 aromatic carbocycles. The second kappa shape index (κ2) is 4.43. The van der Waals surface area contributed by atoms with Crippen LogP contribution in [0.1, 0.15) is 20.3 Å². The molecule has 1 N–H and O–H groups in total. The summed E-state index contributed by atoms with van der Waals surface area (Å²) in [6.45, 7) is 4.54. The van der Waals surface area contributed by atoms with Gasteiger partial charge in [0.2, 0.25) is 0 Å². The molecule has 2 nitrogen and oxygen atoms in total. The van der Waals surface area contributed by atoms with Crippen LogP contribution in [0.15, 0.2) is 23.8 Å². The summed E-state index contributed by atoms with van der Waals surface area (Å²) in [5.74, 6) is 0. The molecule has 0 amide bonds. The molecular weight excluding hydrogens is 152 g/mol. The lowest BCUT2D eigenvalue weighted by Gasteiger charge is -2.18. The first-order valence-electron chi connectivity index (χ1n) is 4.32. The average Bonchev–Trinajstić information content (AvgIpc) is 2.01. The third kappa shape index (κ3) is 3.20. The molecule has 1 rings (SSSR count). The SMILES string of the molecule is CC1=CCOC(C=C[C@@H](C)O)C1. The van der Waals surface area contributed by atoms with E-state index < -0.39 is 0 Å². The van der Waals surface area contributed by atoms with Gasteiger partial charge in [-0.25, -0.2) is 0 Å². The van der Waals surface area contributed by atoms with E-state index in [9.17, 15) is 0 Å². The first-order chi connectivity index (χ1) is 5.68. The van der Waals surface area contributed by atoms with Crippen LogP contribution in [0.5, 0.6) is 0 Å². The average molecular weight is 168 g/mol. The number of hydrogen-bond donors (Lipinski definition) is 1. The summed E-state index contributed by atoms with van der Waals surface area (Å²) in [5, 5.41) is 8.99. The highest BCUT2D eigenvalue weighted by Crippen LogP contribution is 2.14. The summed E-state index contributed by atoms with van der Waals surface area (Å²) in [6, 6.07) is 0. The lowest BCUT2D eigenvalue weighted by molar-refractivity contribution is 0.0977. The fraction of sp³-hybridized carbons (Fsp3) is 0.600. The standard InChI is InChI=1S/C10H16O2/c1-8-5-6-12-10(7-8)4-3-9(2)11/h3-5,9-11H,6-7H2,1-2H3/t9-,10?/m1/s1. The fourth-order valence-electron chi connectivity index (χ4n) is 1.18. The van der Waals surface area contributed by atoms with Gasteiger partial charge in [0.15, 0.2) is 0 Å². The molecule has 0 aliphatic carbocycles. The molecule has 2 heteroatoms. The van der Waals surface area contributed by atoms with Crippen molar-refractivity contribution in [2.24, 2.45) is 0 Å². The zero-order chi connectivity index (χ0) is 8.97. The number of rotatable bonds is 2. The first-order valence-corrected chi connectivity index (χ1v) is 4.32. The predicted molar refractivity (Wildman–Crippen MR) is 48.9 cm³/mol. The summed E-state index contributed by atoms with van der Waals surface area (Å²) in [5.41, 5.74) is 1.36. The Hall–Kier alpha value is -0.600. The normalized spacial score (nSPS) is 27.2. The number of aliphatic hydroxyl groups excluding tert-OH is 1. The van der Waals surface area contributed by atoms with Gasteiger partial charge in [0.1, 0.15) is 0 Å². The Balaban J connectivity index is 2.40. The molecule has 12 heavy (non-hydrogen) atoms. The summed E-state index contributed by atoms with van der Waals surface area (Å²) < 4.78 is 5.42. The summed E-state index contributed by atoms with van der Waals surface area (Å²) in [6.07, 6.45) is 6.52. The van der Waals surface area contributed by atoms with Crippen molar-refractivity contribution in [3.8, 4) is 0 Å². The highest BCUT2D eigenvalue weighted by molar-refractivity contribution is 5.08. The van der Waals surface area contributed by atoms with Crippen LogP contribution < -0.4 is 0 Å². The fourth-order valence-corrected chi connectivity index (χ4v) is 1.18. The van der Waals surface area contributed by atoms with Crippen molar-refractivity contribution in [3.05, 3.63) is 23.8 Å². The van der Waals surface area contributed by atoms with Crippen LogP contribution in [-0.4, -0.2) is 23.9 Å². The quantitative estimate of drug-likeness (QED) is 0.635. The van der Waals surface area contributed by atoms with Crippen LogP contribution in [0.4, 0.5) is 0 Å². The minimum atomic E-state index is -0.375. The first kappa shape index (κ1) is 9.49. The van der Waals surface area contributed by atoms with Gasteiger partial charge in [-0.05, 0) is 20.3 Å². The molecule has 1 heterocycles. The Morgan fingerprint density at radius 1 is 1.75 bits per heavy atom. The van der Waals surface area contributed by atoms with E-state index in [1.165, 1.54) is 5.57 Å². The predicted octanol–water partition coefficient (Wildman–Crippen LogP) is 1.66. The summed E-state index contributed by atoms with van der Waals surface area (Å²) in [4.78, 5) is 0. The second-order valence-electron chi connectivity index (χ2n) is 3.25. The van der Waals surface area contributed by atoms with Crippen molar-refractivity contribution in [1.82, 2.24) is 0 Å². The lowest BCUT2D eigenvalue weighted by atomic mass is 10.1. The maximum Gasteiger partial charge on any atom is 0.0797 e. The molecule has 0 aromatic heterocycles. The van der Waals surface area contributed by atoms with Gasteiger partial charge in [-0.1, -0.05) is 23.8 Å². The third-order valence-corrected chi connectivity index (χ3v) is 1.87. The third-order valence-electron chi connectivity index (χ3n) is 1.87. The van der Waals surface area contributed by atoms with E-state index in [0.717, 1.165) is 6.42 Å². The van der Waals surface area contributed by atoms with Crippen molar-refractivity contribution in [3.63, 3.8) is 0 Å². The number of ether oxygens (including phenoxy) is 1. The van der Waals surface area contributed by atoms with E-state index in [1.54, 1.807) is 13.0 Å². The molecule has 1 unspecified atom stereocenters. The number of hydrogen-bond acceptors (Lipinski definition) is 2. The largest absolute Gasteiger partial charge is 0.389 e. The molecule has 1 aliphatic heterocycles. The molecule has 0 spiro atoms. The Morgan fingerprint density at radius 2 is 2.50 bits per heavy atom. The van der Waals surface area contributed by atoms with Gasteiger partial charge < -0.3 is 9.84 Å². The van der Waals surface area contributed by atoms with E-state index in [-0.39, 0.29) is 12.2 Å². The maximum absolute atomic E-state index is 8.99. The van der Waals surface area contributed by atoms with E-state index in [2.05, 4.69) is 13.0 Å². The van der Waals surface area contributed by atoms with Crippen molar-refractivity contribution in [2.75, 3.05) is 6.61 Å². The Kier molecular flexibility index (Phi) is 3.50. The van der Waals surface area contributed by atoms with Crippen LogP contribution in [-0.2, 0) is 4.74 Å². The summed E-state index contributed by atoms with van der Waals surface area (Å²) >= 11 is 0. The monoisotopic (exact) mass is 168 g/mol. The molecule has 0 saturated carbocycles. The minimum absolute atomic E-state index is 0.157. The van der Waals surface area contributed by atoms with Crippen LogP contribution in [0.2, 0.25) is 0 Å². The van der Waals surface area contributed by atoms with E-state index in [1.807, 2.05) is 6.08 Å². The van der Waals surface area contributed by atoms with E-state index in [4.69, 9.17) is 9.84 Å². The van der Waals surface area contributed by atoms with Crippen molar-refractivity contribution >= 4 is 0 Å². The Morgan fingerprint density at radius 3 is 3.08 bits per heavy atom. The molecule has 2 atom stereocenters. The zero-order valence-electron chi connectivity index (χ0n) is 7.66. The highest BCUT2D eigenvalue weighted by atomic mass is 16.5. The molecule has 1 aliphatic rings. The van der Waals surface area contributed by atoms with E-state index in [0.29, 0.717) is 6.61 Å². The molecule has 68 valence electrons. The molecular formula is C10H16O2. The van der Waals surface area contributed by atoms with Gasteiger partial charge in [0, 0.05) is 0 Å². The van der Waals surface area contributed by atoms with Crippen molar-refractivity contribution in [1.29, 1.82) is 0 Å². The summed E-state index contributed by atoms with van der Waals surface area (Å²) in [7, 11) is 0. The highest BCUT2D eigenvalue weighted by Gasteiger charge is 2.09. The van der Waals surface area contributed by atoms with Gasteiger partial charge in [-0.2, -0.15) is 0 Å². The van der Waals surface area contributed by atoms with Crippen LogP contribution in [0.25, 0.3) is 0 Å². The minimum Gasteiger partial charge on any atom is -0.389 e. The van der Waals surface area contributed by atoms with Crippen molar-refractivity contribution in [2.45, 2.75) is 32.5 Å². The topological polar surface area (TPSA) is 29.5 Å². The molecule has 0 radical (unpaired) electrons. The van der Waals surface area contributed by atoms with Gasteiger partial charge >= 0.3 is 0 Å². The van der Waals surface area contributed by atoms with Crippen molar-refractivity contribution < 1.29 is 9.84 Å². The Labute approximate surface area is 73.5 Å². The zero-order valence-corrected chi connectivity index (χ0v) is 7.66. The molecule has 0 saturated heterocycles. The number of aliphatic hydroxyl groups is 1. The van der Waals surface area contributed by atoms with Crippen LogP contribution in [0, 0.1) is 0 Å². The van der Waals surface area contributed by atoms with Crippen LogP contribution in [0.3, 0.4) is 0 Å².